The van der Waals surface area contributed by atoms with E-state index >= 15 is 0 Å². The second-order valence-corrected chi connectivity index (χ2v) is 7.27. The molecule has 0 aromatic carbocycles. The molecule has 0 amide bonds. The molecule has 2 fully saturated rings. The molecule has 5 heteroatoms. The molecule has 2 aliphatic rings. The first-order valence-corrected chi connectivity index (χ1v) is 7.90. The number of hydrogen-bond donors (Lipinski definition) is 1. The Labute approximate surface area is 97.7 Å². The molecule has 2 rings (SSSR count). The van der Waals surface area contributed by atoms with E-state index in [1.54, 1.807) is 0 Å². The van der Waals surface area contributed by atoms with Crippen molar-refractivity contribution < 1.29 is 13.2 Å². The van der Waals surface area contributed by atoms with Crippen LogP contribution in [0.4, 0.5) is 0 Å². The van der Waals surface area contributed by atoms with Gasteiger partial charge in [-0.25, -0.2) is 8.42 Å². The average molecular weight is 247 g/mol. The quantitative estimate of drug-likeness (QED) is 0.789. The molecule has 4 nitrogen and oxygen atoms in total. The summed E-state index contributed by atoms with van der Waals surface area (Å²) in [4.78, 5) is 0. The zero-order valence-electron chi connectivity index (χ0n) is 9.65. The Balaban J connectivity index is 1.67. The molecular formula is C11H21NO3S. The van der Waals surface area contributed by atoms with E-state index in [4.69, 9.17) is 4.74 Å². The zero-order valence-corrected chi connectivity index (χ0v) is 10.5. The topological polar surface area (TPSA) is 55.4 Å². The minimum absolute atomic E-state index is 0.142. The highest BCUT2D eigenvalue weighted by Crippen LogP contribution is 2.19. The number of ether oxygens (including phenoxy) is 1. The lowest BCUT2D eigenvalue weighted by Gasteiger charge is -2.22. The van der Waals surface area contributed by atoms with Crippen LogP contribution in [0.1, 0.15) is 25.7 Å². The van der Waals surface area contributed by atoms with Gasteiger partial charge in [0.1, 0.15) is 0 Å². The van der Waals surface area contributed by atoms with Crippen molar-refractivity contribution in [2.75, 3.05) is 32.1 Å². The third-order valence-electron chi connectivity index (χ3n) is 3.52. The molecule has 2 atom stereocenters. The van der Waals surface area contributed by atoms with Crippen molar-refractivity contribution in [3.05, 3.63) is 0 Å². The summed E-state index contributed by atoms with van der Waals surface area (Å²) in [7, 11) is -2.78. The number of nitrogens with one attached hydrogen (secondary N) is 1. The maximum atomic E-state index is 11.6. The molecule has 0 radical (unpaired) electrons. The first-order chi connectivity index (χ1) is 7.68. The van der Waals surface area contributed by atoms with Crippen LogP contribution in [-0.4, -0.2) is 45.7 Å². The summed E-state index contributed by atoms with van der Waals surface area (Å²) in [5.74, 6) is 0.948. The summed E-state index contributed by atoms with van der Waals surface area (Å²) < 4.78 is 28.5. The van der Waals surface area contributed by atoms with Crippen LogP contribution < -0.4 is 5.32 Å². The SMILES string of the molecule is O=S1(=O)CCCC1CNCC1CCCOC1. The Morgan fingerprint density at radius 1 is 1.19 bits per heavy atom. The molecule has 0 spiro atoms. The Hall–Kier alpha value is -0.130. The van der Waals surface area contributed by atoms with Crippen molar-refractivity contribution in [1.82, 2.24) is 5.32 Å². The van der Waals surface area contributed by atoms with Crippen molar-refractivity contribution in [1.29, 1.82) is 0 Å². The van der Waals surface area contributed by atoms with Gasteiger partial charge in [0.15, 0.2) is 9.84 Å². The fourth-order valence-electron chi connectivity index (χ4n) is 2.50. The van der Waals surface area contributed by atoms with Gasteiger partial charge in [-0.2, -0.15) is 0 Å². The molecule has 2 unspecified atom stereocenters. The fraction of sp³-hybridized carbons (Fsp3) is 1.00. The Bertz CT molecular complexity index is 309. The van der Waals surface area contributed by atoms with Crippen LogP contribution >= 0.6 is 0 Å². The molecule has 16 heavy (non-hydrogen) atoms. The zero-order chi connectivity index (χ0) is 11.4. The minimum atomic E-state index is -2.78. The standard InChI is InChI=1S/C11H21NO3S/c13-16(14)6-2-4-11(16)8-12-7-10-3-1-5-15-9-10/h10-12H,1-9H2. The van der Waals surface area contributed by atoms with Crippen LogP contribution in [0.25, 0.3) is 0 Å². The highest BCUT2D eigenvalue weighted by atomic mass is 32.2. The second-order valence-electron chi connectivity index (χ2n) is 4.87. The molecule has 2 saturated heterocycles. The van der Waals surface area contributed by atoms with Crippen molar-refractivity contribution >= 4 is 9.84 Å². The molecule has 2 heterocycles. The summed E-state index contributed by atoms with van der Waals surface area (Å²) >= 11 is 0. The van der Waals surface area contributed by atoms with E-state index in [2.05, 4.69) is 5.32 Å². The predicted octanol–water partition coefficient (Wildman–Crippen LogP) is 0.580. The Morgan fingerprint density at radius 2 is 2.06 bits per heavy atom. The van der Waals surface area contributed by atoms with Gasteiger partial charge in [-0.05, 0) is 31.6 Å². The van der Waals surface area contributed by atoms with Crippen molar-refractivity contribution in [2.45, 2.75) is 30.9 Å². The first kappa shape index (κ1) is 12.3. The molecular weight excluding hydrogens is 226 g/mol. The lowest BCUT2D eigenvalue weighted by atomic mass is 10.0. The molecule has 2 aliphatic heterocycles. The van der Waals surface area contributed by atoms with Crippen LogP contribution in [0.3, 0.4) is 0 Å². The summed E-state index contributed by atoms with van der Waals surface area (Å²) in [5, 5.41) is 3.15. The monoisotopic (exact) mass is 247 g/mol. The average Bonchev–Trinajstić information content (AvgIpc) is 2.60. The minimum Gasteiger partial charge on any atom is -0.381 e. The Morgan fingerprint density at radius 3 is 2.69 bits per heavy atom. The van der Waals surface area contributed by atoms with E-state index in [-0.39, 0.29) is 5.25 Å². The van der Waals surface area contributed by atoms with Gasteiger partial charge in [0, 0.05) is 19.7 Å². The number of sulfone groups is 1. The fourth-order valence-corrected chi connectivity index (χ4v) is 4.30. The van der Waals surface area contributed by atoms with E-state index in [9.17, 15) is 8.42 Å². The summed E-state index contributed by atoms with van der Waals surface area (Å²) in [6, 6.07) is 0. The first-order valence-electron chi connectivity index (χ1n) is 6.18. The van der Waals surface area contributed by atoms with Crippen molar-refractivity contribution in [3.8, 4) is 0 Å². The van der Waals surface area contributed by atoms with Gasteiger partial charge in [-0.3, -0.25) is 0 Å². The Kier molecular flexibility index (Phi) is 4.21. The van der Waals surface area contributed by atoms with E-state index in [1.165, 1.54) is 6.42 Å². The lowest BCUT2D eigenvalue weighted by molar-refractivity contribution is 0.0549. The van der Waals surface area contributed by atoms with E-state index in [0.717, 1.165) is 39.0 Å². The van der Waals surface area contributed by atoms with Crippen molar-refractivity contribution in [3.63, 3.8) is 0 Å². The maximum Gasteiger partial charge on any atom is 0.154 e. The van der Waals surface area contributed by atoms with Gasteiger partial charge in [0.2, 0.25) is 0 Å². The lowest BCUT2D eigenvalue weighted by Crippen LogP contribution is -2.35. The van der Waals surface area contributed by atoms with Gasteiger partial charge < -0.3 is 10.1 Å². The largest absolute Gasteiger partial charge is 0.381 e. The van der Waals surface area contributed by atoms with Crippen LogP contribution in [0.5, 0.6) is 0 Å². The second kappa shape index (κ2) is 5.47. The summed E-state index contributed by atoms with van der Waals surface area (Å²) in [6.07, 6.45) is 4.00. The molecule has 0 saturated carbocycles. The molecule has 0 aromatic heterocycles. The van der Waals surface area contributed by atoms with Gasteiger partial charge in [-0.1, -0.05) is 0 Å². The van der Waals surface area contributed by atoms with Crippen LogP contribution in [-0.2, 0) is 14.6 Å². The van der Waals surface area contributed by atoms with E-state index in [1.807, 2.05) is 0 Å². The molecule has 1 N–H and O–H groups in total. The molecule has 94 valence electrons. The van der Waals surface area contributed by atoms with Crippen LogP contribution in [0, 0.1) is 5.92 Å². The normalized spacial score (nSPS) is 34.0. The smallest absolute Gasteiger partial charge is 0.154 e. The number of rotatable bonds is 4. The van der Waals surface area contributed by atoms with E-state index in [0.29, 0.717) is 18.2 Å². The molecule has 0 bridgehead atoms. The molecule has 0 aromatic rings. The third-order valence-corrected chi connectivity index (χ3v) is 5.80. The maximum absolute atomic E-state index is 11.6. The summed E-state index contributed by atoms with van der Waals surface area (Å²) in [6.45, 7) is 3.22. The third kappa shape index (κ3) is 3.18. The van der Waals surface area contributed by atoms with Gasteiger partial charge in [-0.15, -0.1) is 0 Å². The summed E-state index contributed by atoms with van der Waals surface area (Å²) in [5.41, 5.74) is 0. The van der Waals surface area contributed by atoms with Gasteiger partial charge in [0.25, 0.3) is 0 Å². The highest BCUT2D eigenvalue weighted by Gasteiger charge is 2.30. The van der Waals surface area contributed by atoms with Crippen LogP contribution in [0.15, 0.2) is 0 Å². The van der Waals surface area contributed by atoms with Crippen molar-refractivity contribution in [2.24, 2.45) is 5.92 Å². The number of hydrogen-bond acceptors (Lipinski definition) is 4. The van der Waals surface area contributed by atoms with Gasteiger partial charge in [0.05, 0.1) is 17.6 Å². The van der Waals surface area contributed by atoms with E-state index < -0.39 is 9.84 Å². The van der Waals surface area contributed by atoms with Gasteiger partial charge >= 0.3 is 0 Å². The predicted molar refractivity (Wildman–Crippen MR) is 63.2 cm³/mol. The van der Waals surface area contributed by atoms with Crippen LogP contribution in [0.2, 0.25) is 0 Å². The molecule has 0 aliphatic carbocycles. The highest BCUT2D eigenvalue weighted by molar-refractivity contribution is 7.92.